The van der Waals surface area contributed by atoms with Crippen molar-refractivity contribution in [3.8, 4) is 0 Å². The molecule has 2 N–H and O–H groups in total. The van der Waals surface area contributed by atoms with Crippen LogP contribution in [0.25, 0.3) is 10.2 Å². The number of likely N-dealkylation sites (tertiary alicyclic amines) is 1. The third-order valence-electron chi connectivity index (χ3n) is 5.08. The molecular weight excluding hydrogens is 353 g/mol. The molecule has 1 aliphatic heterocycles. The maximum atomic E-state index is 13.1. The fraction of sp³-hybridized carbons (Fsp3) is 0.368. The lowest BCUT2D eigenvalue weighted by Crippen LogP contribution is -2.33. The Morgan fingerprint density at radius 3 is 2.88 bits per heavy atom. The van der Waals surface area contributed by atoms with Crippen LogP contribution in [-0.4, -0.2) is 39.7 Å². The summed E-state index contributed by atoms with van der Waals surface area (Å²) in [4.78, 5) is 21.7. The highest BCUT2D eigenvalue weighted by molar-refractivity contribution is 7.17. The van der Waals surface area contributed by atoms with Gasteiger partial charge in [-0.25, -0.2) is 9.37 Å². The molecule has 1 unspecified atom stereocenters. The van der Waals surface area contributed by atoms with Gasteiger partial charge in [-0.05, 0) is 48.5 Å². The number of benzene rings is 1. The molecule has 136 valence electrons. The Kier molecular flexibility index (Phi) is 4.60. The zero-order chi connectivity index (χ0) is 18.1. The predicted octanol–water partition coefficient (Wildman–Crippen LogP) is 2.55. The minimum Gasteiger partial charge on any atom is -0.396 e. The van der Waals surface area contributed by atoms with E-state index < -0.39 is 0 Å². The van der Waals surface area contributed by atoms with E-state index in [1.165, 1.54) is 23.5 Å². The van der Waals surface area contributed by atoms with E-state index in [9.17, 15) is 14.3 Å². The maximum Gasteiger partial charge on any atom is 0.268 e. The number of nitrogens with one attached hydrogen (secondary N) is 1. The average Bonchev–Trinajstić information content (AvgIpc) is 3.25. The van der Waals surface area contributed by atoms with Crippen LogP contribution in [0, 0.1) is 11.2 Å². The van der Waals surface area contributed by atoms with E-state index in [4.69, 9.17) is 0 Å². The molecule has 1 aromatic carbocycles. The second kappa shape index (κ2) is 6.90. The Morgan fingerprint density at radius 1 is 1.31 bits per heavy atom. The van der Waals surface area contributed by atoms with Crippen molar-refractivity contribution in [1.82, 2.24) is 14.9 Å². The van der Waals surface area contributed by atoms with Gasteiger partial charge in [0.1, 0.15) is 16.3 Å². The van der Waals surface area contributed by atoms with Crippen molar-refractivity contribution in [2.24, 2.45) is 5.41 Å². The first-order chi connectivity index (χ1) is 12.6. The zero-order valence-corrected chi connectivity index (χ0v) is 15.1. The monoisotopic (exact) mass is 373 g/mol. The van der Waals surface area contributed by atoms with E-state index in [0.717, 1.165) is 24.0 Å². The average molecular weight is 373 g/mol. The van der Waals surface area contributed by atoms with Crippen LogP contribution in [0.15, 0.2) is 40.5 Å². The normalized spacial score (nSPS) is 20.8. The van der Waals surface area contributed by atoms with E-state index in [2.05, 4.69) is 14.9 Å². The minimum absolute atomic E-state index is 0.0778. The van der Waals surface area contributed by atoms with Crippen LogP contribution >= 0.6 is 11.3 Å². The lowest BCUT2D eigenvalue weighted by Gasteiger charge is -2.27. The fourth-order valence-electron chi connectivity index (χ4n) is 3.74. The molecule has 0 aliphatic carbocycles. The molecule has 0 radical (unpaired) electrons. The Balaban J connectivity index is 1.48. The first kappa shape index (κ1) is 17.3. The molecule has 0 spiro atoms. The van der Waals surface area contributed by atoms with E-state index >= 15 is 0 Å². The summed E-state index contributed by atoms with van der Waals surface area (Å²) in [5, 5.41) is 11.9. The molecule has 7 heteroatoms. The number of hydrogen-bond acceptors (Lipinski definition) is 5. The second-order valence-electron chi connectivity index (χ2n) is 7.07. The molecule has 4 rings (SSSR count). The number of hydrogen-bond donors (Lipinski definition) is 2. The molecule has 5 nitrogen and oxygen atoms in total. The van der Waals surface area contributed by atoms with Gasteiger partial charge in [0.2, 0.25) is 0 Å². The molecule has 1 atom stereocenters. The predicted molar refractivity (Wildman–Crippen MR) is 99.8 cm³/mol. The highest BCUT2D eigenvalue weighted by Gasteiger charge is 2.37. The third-order valence-corrected chi connectivity index (χ3v) is 5.98. The number of aromatic amines is 1. The molecule has 2 aromatic heterocycles. The van der Waals surface area contributed by atoms with Gasteiger partial charge in [-0.15, -0.1) is 11.3 Å². The van der Waals surface area contributed by atoms with Crippen molar-refractivity contribution >= 4 is 21.6 Å². The summed E-state index contributed by atoms with van der Waals surface area (Å²) >= 11 is 1.39. The van der Waals surface area contributed by atoms with Crippen LogP contribution in [-0.2, 0) is 13.0 Å². The summed E-state index contributed by atoms with van der Waals surface area (Å²) in [7, 11) is 0. The second-order valence-corrected chi connectivity index (χ2v) is 7.99. The van der Waals surface area contributed by atoms with Gasteiger partial charge in [0.05, 0.1) is 18.7 Å². The Bertz CT molecular complexity index is 969. The highest BCUT2D eigenvalue weighted by Crippen LogP contribution is 2.34. The largest absolute Gasteiger partial charge is 0.396 e. The summed E-state index contributed by atoms with van der Waals surface area (Å²) in [6, 6.07) is 8.32. The van der Waals surface area contributed by atoms with Crippen LogP contribution in [0.5, 0.6) is 0 Å². The number of aromatic nitrogens is 2. The van der Waals surface area contributed by atoms with Gasteiger partial charge in [0, 0.05) is 12.0 Å². The minimum atomic E-state index is -0.251. The van der Waals surface area contributed by atoms with Crippen molar-refractivity contribution in [2.45, 2.75) is 19.4 Å². The van der Waals surface area contributed by atoms with Crippen molar-refractivity contribution in [1.29, 1.82) is 0 Å². The first-order valence-corrected chi connectivity index (χ1v) is 9.49. The summed E-state index contributed by atoms with van der Waals surface area (Å²) in [6.45, 7) is 2.17. The number of halogens is 1. The van der Waals surface area contributed by atoms with E-state index in [1.54, 1.807) is 12.1 Å². The van der Waals surface area contributed by atoms with Gasteiger partial charge in [0.15, 0.2) is 0 Å². The van der Waals surface area contributed by atoms with Crippen molar-refractivity contribution in [2.75, 3.05) is 19.7 Å². The maximum absolute atomic E-state index is 13.1. The Morgan fingerprint density at radius 2 is 2.12 bits per heavy atom. The Hall–Kier alpha value is -2.09. The van der Waals surface area contributed by atoms with Gasteiger partial charge >= 0.3 is 0 Å². The highest BCUT2D eigenvalue weighted by atomic mass is 32.1. The lowest BCUT2D eigenvalue weighted by atomic mass is 9.81. The van der Waals surface area contributed by atoms with Gasteiger partial charge < -0.3 is 10.1 Å². The standard InChI is InChI=1S/C19H20FN3O2S/c20-14-3-1-13(2-4-14)9-19(12-24)6-7-23(11-19)10-16-21-15-5-8-26-17(15)18(25)22-16/h1-5,8,24H,6-7,9-12H2,(H,21,22,25). The van der Waals surface area contributed by atoms with Gasteiger partial charge in [0.25, 0.3) is 5.56 Å². The molecular formula is C19H20FN3O2S. The van der Waals surface area contributed by atoms with Crippen LogP contribution in [0.2, 0.25) is 0 Å². The fourth-order valence-corrected chi connectivity index (χ4v) is 4.46. The molecule has 0 amide bonds. The Labute approximate surface area is 154 Å². The van der Waals surface area contributed by atoms with Gasteiger partial charge in [-0.2, -0.15) is 0 Å². The molecule has 0 bridgehead atoms. The van der Waals surface area contributed by atoms with Crippen LogP contribution in [0.1, 0.15) is 17.8 Å². The van der Waals surface area contributed by atoms with Crippen LogP contribution in [0.3, 0.4) is 0 Å². The van der Waals surface area contributed by atoms with Crippen molar-refractivity contribution < 1.29 is 9.50 Å². The summed E-state index contributed by atoms with van der Waals surface area (Å²) in [5.41, 5.74) is 1.41. The SMILES string of the molecule is O=c1[nH]c(CN2CCC(CO)(Cc3ccc(F)cc3)C2)nc2ccsc12. The van der Waals surface area contributed by atoms with E-state index in [-0.39, 0.29) is 23.4 Å². The number of aliphatic hydroxyl groups excluding tert-OH is 1. The molecule has 3 heterocycles. The number of nitrogens with zero attached hydrogens (tertiary/aromatic N) is 2. The number of thiophene rings is 1. The molecule has 26 heavy (non-hydrogen) atoms. The molecule has 1 saturated heterocycles. The van der Waals surface area contributed by atoms with Crippen molar-refractivity contribution in [3.63, 3.8) is 0 Å². The number of aliphatic hydroxyl groups is 1. The zero-order valence-electron chi connectivity index (χ0n) is 14.2. The summed E-state index contributed by atoms with van der Waals surface area (Å²) in [5.74, 6) is 0.398. The molecule has 0 saturated carbocycles. The van der Waals surface area contributed by atoms with Crippen molar-refractivity contribution in [3.05, 3.63) is 63.3 Å². The summed E-state index contributed by atoms with van der Waals surface area (Å²) < 4.78 is 13.8. The number of H-pyrrole nitrogens is 1. The van der Waals surface area contributed by atoms with E-state index in [0.29, 0.717) is 30.0 Å². The molecule has 1 fully saturated rings. The van der Waals surface area contributed by atoms with Crippen LogP contribution in [0.4, 0.5) is 4.39 Å². The quantitative estimate of drug-likeness (QED) is 0.721. The molecule has 1 aliphatic rings. The first-order valence-electron chi connectivity index (χ1n) is 8.61. The van der Waals surface area contributed by atoms with Crippen LogP contribution < -0.4 is 5.56 Å². The summed E-state index contributed by atoms with van der Waals surface area (Å²) in [6.07, 6.45) is 1.56. The van der Waals surface area contributed by atoms with Gasteiger partial charge in [-0.1, -0.05) is 12.1 Å². The number of fused-ring (bicyclic) bond motifs is 1. The molecule has 3 aromatic rings. The number of rotatable bonds is 5. The lowest BCUT2D eigenvalue weighted by molar-refractivity contribution is 0.126. The van der Waals surface area contributed by atoms with Gasteiger partial charge in [-0.3, -0.25) is 9.69 Å². The topological polar surface area (TPSA) is 69.2 Å². The van der Waals surface area contributed by atoms with E-state index in [1.807, 2.05) is 11.4 Å². The smallest absolute Gasteiger partial charge is 0.268 e. The third kappa shape index (κ3) is 3.42.